The molecule has 0 spiro atoms. The number of likely N-dealkylation sites (N-methyl/N-ethyl adjacent to an activating group) is 1. The number of carbonyl (C=O) groups is 2. The van der Waals surface area contributed by atoms with E-state index in [1.165, 1.54) is 12.0 Å². The Morgan fingerprint density at radius 1 is 1.05 bits per heavy atom. The summed E-state index contributed by atoms with van der Waals surface area (Å²) in [5.41, 5.74) is 1.48. The number of hydrogen-bond acceptors (Lipinski definition) is 3. The maximum absolute atomic E-state index is 12.5. The highest BCUT2D eigenvalue weighted by Crippen LogP contribution is 2.27. The largest absolute Gasteiger partial charge is 0.465 e. The molecule has 4 nitrogen and oxygen atoms in total. The summed E-state index contributed by atoms with van der Waals surface area (Å²) in [5.74, 6) is -0.815. The number of rotatable bonds is 4. The predicted octanol–water partition coefficient (Wildman–Crippen LogP) is 3.42. The Balaban J connectivity index is 2.30. The van der Waals surface area contributed by atoms with Crippen LogP contribution in [0.5, 0.6) is 0 Å². The first kappa shape index (κ1) is 16.0. The highest BCUT2D eigenvalue weighted by atomic mass is 35.5. The molecule has 22 heavy (non-hydrogen) atoms. The van der Waals surface area contributed by atoms with Crippen LogP contribution in [-0.4, -0.2) is 26.0 Å². The van der Waals surface area contributed by atoms with Gasteiger partial charge in [-0.25, -0.2) is 4.79 Å². The molecule has 0 aliphatic rings. The lowest BCUT2D eigenvalue weighted by Gasteiger charge is -2.22. The number of esters is 1. The average molecular weight is 318 g/mol. The predicted molar refractivity (Wildman–Crippen MR) is 86.2 cm³/mol. The van der Waals surface area contributed by atoms with Crippen molar-refractivity contribution in [2.24, 2.45) is 0 Å². The minimum Gasteiger partial charge on any atom is -0.465 e. The van der Waals surface area contributed by atoms with E-state index in [0.717, 1.165) is 0 Å². The quantitative estimate of drug-likeness (QED) is 0.641. The van der Waals surface area contributed by atoms with Gasteiger partial charge in [0, 0.05) is 7.05 Å². The molecule has 2 aromatic rings. The maximum atomic E-state index is 12.5. The number of methoxy groups -OCH3 is 1. The number of amides is 1. The summed E-state index contributed by atoms with van der Waals surface area (Å²) in [6, 6.07) is 15.8. The normalized spacial score (nSPS) is 11.6. The van der Waals surface area contributed by atoms with Crippen molar-refractivity contribution in [1.29, 1.82) is 0 Å². The Morgan fingerprint density at radius 2 is 1.64 bits per heavy atom. The third-order valence-electron chi connectivity index (χ3n) is 3.31. The van der Waals surface area contributed by atoms with Gasteiger partial charge in [0.25, 0.3) is 0 Å². The molecule has 1 amide bonds. The summed E-state index contributed by atoms with van der Waals surface area (Å²) in [6.07, 6.45) is 0. The highest BCUT2D eigenvalue weighted by molar-refractivity contribution is 6.33. The number of hydrogen-bond donors (Lipinski definition) is 0. The monoisotopic (exact) mass is 317 g/mol. The second-order valence-corrected chi connectivity index (χ2v) is 5.12. The van der Waals surface area contributed by atoms with E-state index in [1.807, 2.05) is 18.2 Å². The Labute approximate surface area is 134 Å². The van der Waals surface area contributed by atoms with Crippen LogP contribution < -0.4 is 4.90 Å². The van der Waals surface area contributed by atoms with Gasteiger partial charge >= 0.3 is 5.97 Å². The molecule has 0 radical (unpaired) electrons. The molecule has 0 bridgehead atoms. The molecule has 114 valence electrons. The second-order valence-electron chi connectivity index (χ2n) is 4.68. The van der Waals surface area contributed by atoms with Crippen molar-refractivity contribution in [2.75, 3.05) is 19.1 Å². The molecule has 0 N–H and O–H groups in total. The van der Waals surface area contributed by atoms with Gasteiger partial charge in [0.1, 0.15) is 5.38 Å². The van der Waals surface area contributed by atoms with Gasteiger partial charge < -0.3 is 9.64 Å². The van der Waals surface area contributed by atoms with E-state index >= 15 is 0 Å². The smallest absolute Gasteiger partial charge is 0.339 e. The summed E-state index contributed by atoms with van der Waals surface area (Å²) >= 11 is 6.26. The van der Waals surface area contributed by atoms with Crippen LogP contribution >= 0.6 is 11.6 Å². The molecule has 2 rings (SSSR count). The second kappa shape index (κ2) is 7.09. The van der Waals surface area contributed by atoms with Crippen LogP contribution in [0.25, 0.3) is 0 Å². The summed E-state index contributed by atoms with van der Waals surface area (Å²) in [4.78, 5) is 25.7. The van der Waals surface area contributed by atoms with Gasteiger partial charge in [-0.2, -0.15) is 0 Å². The van der Waals surface area contributed by atoms with Crippen molar-refractivity contribution >= 4 is 29.2 Å². The number of para-hydroxylation sites is 1. The Morgan fingerprint density at radius 3 is 2.27 bits per heavy atom. The van der Waals surface area contributed by atoms with E-state index in [2.05, 4.69) is 0 Å². The SMILES string of the molecule is COC(=O)c1ccccc1N(C)C(=O)C(Cl)c1ccccc1. The molecule has 2 aromatic carbocycles. The first-order valence-corrected chi connectivity index (χ1v) is 7.14. The van der Waals surface area contributed by atoms with Crippen LogP contribution in [0.4, 0.5) is 5.69 Å². The molecule has 0 heterocycles. The fourth-order valence-electron chi connectivity index (χ4n) is 2.10. The van der Waals surface area contributed by atoms with Gasteiger partial charge in [-0.15, -0.1) is 11.6 Å². The zero-order chi connectivity index (χ0) is 16.1. The van der Waals surface area contributed by atoms with Crippen LogP contribution in [0.2, 0.25) is 0 Å². The molecule has 0 aromatic heterocycles. The van der Waals surface area contributed by atoms with Gasteiger partial charge in [-0.05, 0) is 17.7 Å². The van der Waals surface area contributed by atoms with Crippen molar-refractivity contribution in [2.45, 2.75) is 5.38 Å². The molecule has 0 aliphatic heterocycles. The topological polar surface area (TPSA) is 46.6 Å². The Kier molecular flexibility index (Phi) is 5.17. The number of benzene rings is 2. The first-order valence-electron chi connectivity index (χ1n) is 6.70. The van der Waals surface area contributed by atoms with Crippen LogP contribution in [0, 0.1) is 0 Å². The third-order valence-corrected chi connectivity index (χ3v) is 3.75. The average Bonchev–Trinajstić information content (AvgIpc) is 2.59. The van der Waals surface area contributed by atoms with Crippen molar-refractivity contribution in [3.8, 4) is 0 Å². The minimum atomic E-state index is -0.822. The van der Waals surface area contributed by atoms with Gasteiger partial charge in [0.2, 0.25) is 5.91 Å². The number of nitrogens with zero attached hydrogens (tertiary/aromatic N) is 1. The Bertz CT molecular complexity index is 673. The van der Waals surface area contributed by atoms with E-state index in [-0.39, 0.29) is 5.91 Å². The number of anilines is 1. The van der Waals surface area contributed by atoms with Crippen molar-refractivity contribution in [1.82, 2.24) is 0 Å². The molecule has 5 heteroatoms. The van der Waals surface area contributed by atoms with Crippen LogP contribution in [0.3, 0.4) is 0 Å². The van der Waals surface area contributed by atoms with E-state index in [9.17, 15) is 9.59 Å². The summed E-state index contributed by atoms with van der Waals surface area (Å²) in [7, 11) is 2.89. The van der Waals surface area contributed by atoms with Crippen molar-refractivity contribution < 1.29 is 14.3 Å². The minimum absolute atomic E-state index is 0.316. The molecular formula is C17H16ClNO3. The third kappa shape index (κ3) is 3.28. The standard InChI is InChI=1S/C17H16ClNO3/c1-19(14-11-7-6-10-13(14)17(21)22-2)16(20)15(18)12-8-4-3-5-9-12/h3-11,15H,1-2H3. The number of ether oxygens (including phenoxy) is 1. The molecule has 0 saturated carbocycles. The summed E-state index contributed by atoms with van der Waals surface area (Å²) in [6.45, 7) is 0. The number of halogens is 1. The lowest BCUT2D eigenvalue weighted by Crippen LogP contribution is -2.31. The molecule has 0 fully saturated rings. The zero-order valence-corrected chi connectivity index (χ0v) is 13.1. The van der Waals surface area contributed by atoms with Gasteiger partial charge in [0.15, 0.2) is 0 Å². The Hall–Kier alpha value is -2.33. The molecular weight excluding hydrogens is 302 g/mol. The fourth-order valence-corrected chi connectivity index (χ4v) is 2.39. The summed E-state index contributed by atoms with van der Waals surface area (Å²) < 4.78 is 4.74. The van der Waals surface area contributed by atoms with Crippen LogP contribution in [0.15, 0.2) is 54.6 Å². The molecule has 1 atom stereocenters. The van der Waals surface area contributed by atoms with E-state index in [4.69, 9.17) is 16.3 Å². The van der Waals surface area contributed by atoms with Crippen molar-refractivity contribution in [3.63, 3.8) is 0 Å². The lowest BCUT2D eigenvalue weighted by atomic mass is 10.1. The molecule has 0 saturated heterocycles. The molecule has 1 unspecified atom stereocenters. The van der Waals surface area contributed by atoms with Gasteiger partial charge in [-0.1, -0.05) is 42.5 Å². The highest BCUT2D eigenvalue weighted by Gasteiger charge is 2.25. The van der Waals surface area contributed by atoms with Crippen molar-refractivity contribution in [3.05, 3.63) is 65.7 Å². The summed E-state index contributed by atoms with van der Waals surface area (Å²) in [5, 5.41) is -0.822. The van der Waals surface area contributed by atoms with E-state index < -0.39 is 11.3 Å². The zero-order valence-electron chi connectivity index (χ0n) is 12.3. The first-order chi connectivity index (χ1) is 10.6. The maximum Gasteiger partial charge on any atom is 0.339 e. The van der Waals surface area contributed by atoms with Gasteiger partial charge in [-0.3, -0.25) is 4.79 Å². The lowest BCUT2D eigenvalue weighted by molar-refractivity contribution is -0.118. The van der Waals surface area contributed by atoms with Crippen LogP contribution in [-0.2, 0) is 9.53 Å². The van der Waals surface area contributed by atoms with Crippen LogP contribution in [0.1, 0.15) is 21.3 Å². The van der Waals surface area contributed by atoms with Gasteiger partial charge in [0.05, 0.1) is 18.4 Å². The number of alkyl halides is 1. The fraction of sp³-hybridized carbons (Fsp3) is 0.176. The van der Waals surface area contributed by atoms with E-state index in [1.54, 1.807) is 43.4 Å². The molecule has 0 aliphatic carbocycles. The number of carbonyl (C=O) groups excluding carboxylic acids is 2. The van der Waals surface area contributed by atoms with E-state index in [0.29, 0.717) is 16.8 Å².